The summed E-state index contributed by atoms with van der Waals surface area (Å²) in [5, 5.41) is 11.7. The predicted molar refractivity (Wildman–Crippen MR) is 85.9 cm³/mol. The summed E-state index contributed by atoms with van der Waals surface area (Å²) in [6.07, 6.45) is 0.471. The molecule has 1 saturated heterocycles. The number of hydrogen-bond acceptors (Lipinski definition) is 5. The Morgan fingerprint density at radius 1 is 1.35 bits per heavy atom. The lowest BCUT2D eigenvalue weighted by atomic mass is 9.94. The van der Waals surface area contributed by atoms with Crippen LogP contribution >= 0.6 is 11.3 Å². The molecule has 23 heavy (non-hydrogen) atoms. The van der Waals surface area contributed by atoms with Crippen molar-refractivity contribution in [3.05, 3.63) is 21.4 Å². The maximum atomic E-state index is 12.2. The van der Waals surface area contributed by atoms with Gasteiger partial charge in [0.15, 0.2) is 5.78 Å². The van der Waals surface area contributed by atoms with Gasteiger partial charge in [-0.3, -0.25) is 14.4 Å². The molecule has 0 aromatic carbocycles. The molecule has 6 nitrogen and oxygen atoms in total. The molecule has 1 aromatic rings. The second kappa shape index (κ2) is 7.23. The number of carboxylic acids is 1. The van der Waals surface area contributed by atoms with Crippen molar-refractivity contribution in [2.75, 3.05) is 13.2 Å². The molecule has 2 heterocycles. The van der Waals surface area contributed by atoms with Crippen LogP contribution in [0, 0.1) is 13.8 Å². The fourth-order valence-electron chi connectivity index (χ4n) is 2.81. The lowest BCUT2D eigenvalue weighted by Gasteiger charge is -2.26. The summed E-state index contributed by atoms with van der Waals surface area (Å²) in [4.78, 5) is 37.3. The summed E-state index contributed by atoms with van der Waals surface area (Å²) in [7, 11) is 0. The van der Waals surface area contributed by atoms with Crippen molar-refractivity contribution in [2.45, 2.75) is 45.1 Å². The van der Waals surface area contributed by atoms with E-state index in [1.54, 1.807) is 11.3 Å². The lowest BCUT2D eigenvalue weighted by Crippen LogP contribution is -2.50. The van der Waals surface area contributed by atoms with Crippen LogP contribution in [0.25, 0.3) is 0 Å². The Morgan fingerprint density at radius 2 is 2.09 bits per heavy atom. The zero-order chi connectivity index (χ0) is 17.0. The van der Waals surface area contributed by atoms with Gasteiger partial charge >= 0.3 is 5.97 Å². The van der Waals surface area contributed by atoms with Crippen molar-refractivity contribution in [3.8, 4) is 0 Å². The Labute approximate surface area is 138 Å². The Bertz CT molecular complexity index is 616. The number of amides is 1. The summed E-state index contributed by atoms with van der Waals surface area (Å²) in [6, 6.07) is 1.84. The minimum absolute atomic E-state index is 0.0501. The maximum absolute atomic E-state index is 12.2. The average Bonchev–Trinajstić information content (AvgIpc) is 3.02. The molecule has 1 aromatic heterocycles. The minimum atomic E-state index is -0.976. The number of Topliss-reactive ketones (excluding diaryl/α,β-unsaturated/α-hetero) is 1. The molecule has 0 radical (unpaired) electrons. The topological polar surface area (TPSA) is 92.7 Å². The normalized spacial score (nSPS) is 20.4. The Balaban J connectivity index is 1.90. The molecule has 126 valence electrons. The van der Waals surface area contributed by atoms with Crippen molar-refractivity contribution < 1.29 is 24.2 Å². The number of thiophene rings is 1. The van der Waals surface area contributed by atoms with Gasteiger partial charge in [-0.1, -0.05) is 0 Å². The highest BCUT2D eigenvalue weighted by Gasteiger charge is 2.38. The van der Waals surface area contributed by atoms with Crippen molar-refractivity contribution in [1.29, 1.82) is 0 Å². The predicted octanol–water partition coefficient (Wildman–Crippen LogP) is 2.08. The second-order valence-corrected chi connectivity index (χ2v) is 7.41. The van der Waals surface area contributed by atoms with Gasteiger partial charge in [0.2, 0.25) is 5.91 Å². The van der Waals surface area contributed by atoms with Crippen LogP contribution < -0.4 is 5.32 Å². The molecule has 0 saturated carbocycles. The quantitative estimate of drug-likeness (QED) is 0.742. The SMILES string of the molecule is Cc1cc(C(=O)CCC(=O)NC2(CC(=O)O)CCOC2)c(C)s1. The van der Waals surface area contributed by atoms with Crippen LogP contribution in [-0.4, -0.2) is 41.5 Å². The summed E-state index contributed by atoms with van der Waals surface area (Å²) < 4.78 is 5.23. The van der Waals surface area contributed by atoms with Gasteiger partial charge in [-0.2, -0.15) is 0 Å². The van der Waals surface area contributed by atoms with E-state index >= 15 is 0 Å². The molecule has 2 N–H and O–H groups in total. The zero-order valence-electron chi connectivity index (χ0n) is 13.3. The number of carbonyl (C=O) groups is 3. The van der Waals surface area contributed by atoms with Gasteiger partial charge in [0, 0.05) is 34.8 Å². The molecule has 0 aliphatic carbocycles. The highest BCUT2D eigenvalue weighted by molar-refractivity contribution is 7.12. The van der Waals surface area contributed by atoms with Crippen molar-refractivity contribution in [1.82, 2.24) is 5.32 Å². The van der Waals surface area contributed by atoms with E-state index in [-0.39, 0.29) is 37.6 Å². The monoisotopic (exact) mass is 339 g/mol. The van der Waals surface area contributed by atoms with Crippen LogP contribution in [0.1, 0.15) is 45.8 Å². The fraction of sp³-hybridized carbons (Fsp3) is 0.562. The standard InChI is InChI=1S/C16H21NO5S/c1-10-7-12(11(2)23-10)13(18)3-4-14(19)17-16(8-15(20)21)5-6-22-9-16/h7H,3-6,8-9H2,1-2H3,(H,17,19)(H,20,21). The summed E-state index contributed by atoms with van der Waals surface area (Å²) in [5.41, 5.74) is -0.175. The molecule has 7 heteroatoms. The maximum Gasteiger partial charge on any atom is 0.305 e. The molecule has 1 amide bonds. The summed E-state index contributed by atoms with van der Waals surface area (Å²) in [6.45, 7) is 4.46. The summed E-state index contributed by atoms with van der Waals surface area (Å²) >= 11 is 1.56. The van der Waals surface area contributed by atoms with E-state index in [4.69, 9.17) is 9.84 Å². The molecule has 0 spiro atoms. The third kappa shape index (κ3) is 4.62. The number of ketones is 1. The van der Waals surface area contributed by atoms with Gasteiger partial charge in [-0.15, -0.1) is 11.3 Å². The molecule has 1 aliphatic heterocycles. The van der Waals surface area contributed by atoms with Crippen LogP contribution in [-0.2, 0) is 14.3 Å². The van der Waals surface area contributed by atoms with Crippen molar-refractivity contribution in [2.24, 2.45) is 0 Å². The average molecular weight is 339 g/mol. The number of carboxylic acid groups (broad SMARTS) is 1. The highest BCUT2D eigenvalue weighted by Crippen LogP contribution is 2.24. The Morgan fingerprint density at radius 3 is 2.61 bits per heavy atom. The first-order valence-corrected chi connectivity index (χ1v) is 8.34. The molecule has 1 aliphatic rings. The van der Waals surface area contributed by atoms with Crippen LogP contribution in [0.3, 0.4) is 0 Å². The zero-order valence-corrected chi connectivity index (χ0v) is 14.1. The largest absolute Gasteiger partial charge is 0.481 e. The third-order valence-corrected chi connectivity index (χ3v) is 4.88. The number of aryl methyl sites for hydroxylation is 2. The number of nitrogens with one attached hydrogen (secondary N) is 1. The number of rotatable bonds is 7. The van der Waals surface area contributed by atoms with E-state index in [1.807, 2.05) is 19.9 Å². The Hall–Kier alpha value is -1.73. The van der Waals surface area contributed by atoms with Gasteiger partial charge in [0.25, 0.3) is 0 Å². The first kappa shape index (κ1) is 17.6. The van der Waals surface area contributed by atoms with Crippen LogP contribution in [0.4, 0.5) is 0 Å². The minimum Gasteiger partial charge on any atom is -0.481 e. The first-order chi connectivity index (χ1) is 10.8. The smallest absolute Gasteiger partial charge is 0.305 e. The third-order valence-electron chi connectivity index (χ3n) is 3.92. The van der Waals surface area contributed by atoms with E-state index < -0.39 is 11.5 Å². The molecule has 2 rings (SSSR count). The Kier molecular flexibility index (Phi) is 5.54. The van der Waals surface area contributed by atoms with Gasteiger partial charge in [-0.25, -0.2) is 0 Å². The second-order valence-electron chi connectivity index (χ2n) is 5.95. The van der Waals surface area contributed by atoms with Crippen LogP contribution in [0.5, 0.6) is 0 Å². The number of hydrogen-bond donors (Lipinski definition) is 2. The lowest BCUT2D eigenvalue weighted by molar-refractivity contribution is -0.139. The van der Waals surface area contributed by atoms with E-state index in [0.29, 0.717) is 18.6 Å². The summed E-state index contributed by atoms with van der Waals surface area (Å²) in [5.74, 6) is -1.34. The molecule has 0 bridgehead atoms. The van der Waals surface area contributed by atoms with E-state index in [9.17, 15) is 14.4 Å². The number of aliphatic carboxylic acids is 1. The van der Waals surface area contributed by atoms with E-state index in [2.05, 4.69) is 5.32 Å². The van der Waals surface area contributed by atoms with Gasteiger partial charge < -0.3 is 15.2 Å². The number of ether oxygens (including phenoxy) is 1. The van der Waals surface area contributed by atoms with E-state index in [1.165, 1.54) is 0 Å². The van der Waals surface area contributed by atoms with Crippen LogP contribution in [0.15, 0.2) is 6.07 Å². The molecule has 1 unspecified atom stereocenters. The number of carbonyl (C=O) groups excluding carboxylic acids is 2. The first-order valence-electron chi connectivity index (χ1n) is 7.52. The van der Waals surface area contributed by atoms with E-state index in [0.717, 1.165) is 9.75 Å². The van der Waals surface area contributed by atoms with Crippen molar-refractivity contribution in [3.63, 3.8) is 0 Å². The highest BCUT2D eigenvalue weighted by atomic mass is 32.1. The van der Waals surface area contributed by atoms with Gasteiger partial charge in [0.1, 0.15) is 0 Å². The molecule has 1 atom stereocenters. The molecular weight excluding hydrogens is 318 g/mol. The molecule has 1 fully saturated rings. The van der Waals surface area contributed by atoms with Gasteiger partial charge in [-0.05, 0) is 26.3 Å². The van der Waals surface area contributed by atoms with Gasteiger partial charge in [0.05, 0.1) is 18.6 Å². The van der Waals surface area contributed by atoms with Crippen molar-refractivity contribution >= 4 is 29.0 Å². The fourth-order valence-corrected chi connectivity index (χ4v) is 3.75. The molecular formula is C16H21NO5S. The van der Waals surface area contributed by atoms with Crippen LogP contribution in [0.2, 0.25) is 0 Å².